The van der Waals surface area contributed by atoms with Crippen LogP contribution in [-0.2, 0) is 4.79 Å². The molecule has 1 heterocycles. The van der Waals surface area contributed by atoms with Gasteiger partial charge in [0, 0.05) is 24.9 Å². The number of anilines is 1. The summed E-state index contributed by atoms with van der Waals surface area (Å²) >= 11 is 0. The molecule has 1 aromatic heterocycles. The zero-order valence-electron chi connectivity index (χ0n) is 14.5. The summed E-state index contributed by atoms with van der Waals surface area (Å²) in [5, 5.41) is 0. The van der Waals surface area contributed by atoms with Crippen molar-refractivity contribution in [1.82, 2.24) is 4.98 Å². The van der Waals surface area contributed by atoms with Crippen molar-refractivity contribution in [1.29, 1.82) is 0 Å². The van der Waals surface area contributed by atoms with Crippen LogP contribution in [-0.4, -0.2) is 16.8 Å². The van der Waals surface area contributed by atoms with Crippen LogP contribution in [0.5, 0.6) is 11.5 Å². The van der Waals surface area contributed by atoms with Crippen LogP contribution in [0.1, 0.15) is 22.8 Å². The minimum atomic E-state index is -0.361. The molecule has 0 saturated heterocycles. The van der Waals surface area contributed by atoms with E-state index in [1.165, 1.54) is 6.92 Å². The van der Waals surface area contributed by atoms with Gasteiger partial charge in [0.1, 0.15) is 11.5 Å². The fourth-order valence-electron chi connectivity index (χ4n) is 2.47. The number of rotatable bonds is 4. The predicted molar refractivity (Wildman–Crippen MR) is 99.4 cm³/mol. The third kappa shape index (κ3) is 3.95. The van der Waals surface area contributed by atoms with Gasteiger partial charge in [-0.25, -0.2) is 4.90 Å². The number of nitrogens with zero attached hydrogens (tertiary/aromatic N) is 2. The highest BCUT2D eigenvalue weighted by atomic mass is 16.5. The summed E-state index contributed by atoms with van der Waals surface area (Å²) in [6, 6.07) is 17.4. The van der Waals surface area contributed by atoms with E-state index in [0.717, 1.165) is 10.5 Å². The van der Waals surface area contributed by atoms with E-state index in [4.69, 9.17) is 4.74 Å². The summed E-state index contributed by atoms with van der Waals surface area (Å²) in [5.74, 6) is 0.553. The van der Waals surface area contributed by atoms with E-state index < -0.39 is 0 Å². The Morgan fingerprint density at radius 3 is 2.00 bits per heavy atom. The molecular formula is C21H18N2O3. The van der Waals surface area contributed by atoms with Crippen LogP contribution in [0, 0.1) is 6.92 Å². The molecule has 3 rings (SSSR count). The van der Waals surface area contributed by atoms with Gasteiger partial charge in [0.15, 0.2) is 0 Å². The smallest absolute Gasteiger partial charge is 0.265 e. The lowest BCUT2D eigenvalue weighted by molar-refractivity contribution is -0.115. The van der Waals surface area contributed by atoms with E-state index in [2.05, 4.69) is 4.98 Å². The van der Waals surface area contributed by atoms with Crippen LogP contribution in [0.15, 0.2) is 73.1 Å². The fourth-order valence-corrected chi connectivity index (χ4v) is 2.47. The zero-order chi connectivity index (χ0) is 18.5. The Hall–Kier alpha value is -3.47. The third-order valence-corrected chi connectivity index (χ3v) is 3.80. The standard InChI is InChI=1S/C21H18N2O3/c1-15-3-5-17(6-4-15)21(25)23(16(2)24)18-7-9-19(10-8-18)26-20-11-13-22-14-12-20/h3-14H,1-2H3. The lowest BCUT2D eigenvalue weighted by Crippen LogP contribution is -2.35. The highest BCUT2D eigenvalue weighted by Crippen LogP contribution is 2.25. The molecule has 0 bridgehead atoms. The first-order valence-corrected chi connectivity index (χ1v) is 8.14. The number of ether oxygens (including phenoxy) is 1. The molecule has 130 valence electrons. The van der Waals surface area contributed by atoms with Gasteiger partial charge in [-0.2, -0.15) is 0 Å². The molecule has 2 aromatic carbocycles. The van der Waals surface area contributed by atoms with E-state index >= 15 is 0 Å². The Balaban J connectivity index is 1.83. The van der Waals surface area contributed by atoms with Crippen molar-refractivity contribution >= 4 is 17.5 Å². The maximum absolute atomic E-state index is 12.7. The molecule has 26 heavy (non-hydrogen) atoms. The Morgan fingerprint density at radius 1 is 0.846 bits per heavy atom. The zero-order valence-corrected chi connectivity index (χ0v) is 14.5. The first-order chi connectivity index (χ1) is 12.5. The van der Waals surface area contributed by atoms with Gasteiger partial charge in [-0.15, -0.1) is 0 Å². The van der Waals surface area contributed by atoms with E-state index in [1.54, 1.807) is 60.9 Å². The molecule has 3 aromatic rings. The summed E-state index contributed by atoms with van der Waals surface area (Å²) < 4.78 is 5.70. The minimum Gasteiger partial charge on any atom is -0.457 e. The van der Waals surface area contributed by atoms with Crippen molar-refractivity contribution in [3.63, 3.8) is 0 Å². The van der Waals surface area contributed by atoms with E-state index in [1.807, 2.05) is 19.1 Å². The Labute approximate surface area is 151 Å². The fraction of sp³-hybridized carbons (Fsp3) is 0.0952. The van der Waals surface area contributed by atoms with Gasteiger partial charge in [-0.3, -0.25) is 14.6 Å². The predicted octanol–water partition coefficient (Wildman–Crippen LogP) is 4.38. The summed E-state index contributed by atoms with van der Waals surface area (Å²) in [5.41, 5.74) is 2.00. The molecule has 0 N–H and O–H groups in total. The van der Waals surface area contributed by atoms with Crippen LogP contribution < -0.4 is 9.64 Å². The number of carbonyl (C=O) groups is 2. The number of imide groups is 1. The van der Waals surface area contributed by atoms with Gasteiger partial charge in [0.25, 0.3) is 5.91 Å². The van der Waals surface area contributed by atoms with Crippen LogP contribution in [0.4, 0.5) is 5.69 Å². The minimum absolute atomic E-state index is 0.349. The molecule has 0 unspecified atom stereocenters. The first-order valence-electron chi connectivity index (χ1n) is 8.14. The molecule has 0 fully saturated rings. The molecule has 0 atom stereocenters. The number of aromatic nitrogens is 1. The molecule has 0 aliphatic heterocycles. The van der Waals surface area contributed by atoms with Crippen molar-refractivity contribution in [2.24, 2.45) is 0 Å². The van der Waals surface area contributed by atoms with Gasteiger partial charge in [0.05, 0.1) is 5.69 Å². The second-order valence-corrected chi connectivity index (χ2v) is 5.80. The molecule has 0 spiro atoms. The monoisotopic (exact) mass is 346 g/mol. The van der Waals surface area contributed by atoms with Crippen LogP contribution in [0.2, 0.25) is 0 Å². The van der Waals surface area contributed by atoms with Crippen LogP contribution >= 0.6 is 0 Å². The van der Waals surface area contributed by atoms with Gasteiger partial charge < -0.3 is 4.74 Å². The maximum atomic E-state index is 12.7. The van der Waals surface area contributed by atoms with Crippen molar-refractivity contribution in [2.75, 3.05) is 4.90 Å². The number of hydrogen-bond donors (Lipinski definition) is 0. The Kier molecular flexibility index (Phi) is 5.08. The van der Waals surface area contributed by atoms with Gasteiger partial charge in [0.2, 0.25) is 5.91 Å². The van der Waals surface area contributed by atoms with Crippen molar-refractivity contribution in [2.45, 2.75) is 13.8 Å². The van der Waals surface area contributed by atoms with Crippen molar-refractivity contribution in [3.05, 3.63) is 84.2 Å². The highest BCUT2D eigenvalue weighted by molar-refractivity contribution is 6.20. The number of aryl methyl sites for hydroxylation is 1. The van der Waals surface area contributed by atoms with Crippen molar-refractivity contribution in [3.8, 4) is 11.5 Å². The molecule has 0 aliphatic carbocycles. The highest BCUT2D eigenvalue weighted by Gasteiger charge is 2.21. The molecule has 0 aliphatic rings. The molecular weight excluding hydrogens is 328 g/mol. The Bertz CT molecular complexity index is 904. The van der Waals surface area contributed by atoms with Gasteiger partial charge >= 0.3 is 0 Å². The largest absolute Gasteiger partial charge is 0.457 e. The van der Waals surface area contributed by atoms with Crippen molar-refractivity contribution < 1.29 is 14.3 Å². The SMILES string of the molecule is CC(=O)N(C(=O)c1ccc(C)cc1)c1ccc(Oc2ccncc2)cc1. The lowest BCUT2D eigenvalue weighted by Gasteiger charge is -2.19. The average molecular weight is 346 g/mol. The Morgan fingerprint density at radius 2 is 1.42 bits per heavy atom. The summed E-state index contributed by atoms with van der Waals surface area (Å²) in [4.78, 5) is 29.9. The number of hydrogen-bond acceptors (Lipinski definition) is 4. The van der Waals surface area contributed by atoms with E-state index in [9.17, 15) is 9.59 Å². The maximum Gasteiger partial charge on any atom is 0.265 e. The number of benzene rings is 2. The molecule has 0 radical (unpaired) electrons. The van der Waals surface area contributed by atoms with Crippen LogP contribution in [0.25, 0.3) is 0 Å². The van der Waals surface area contributed by atoms with E-state index in [0.29, 0.717) is 22.7 Å². The van der Waals surface area contributed by atoms with E-state index in [-0.39, 0.29) is 11.8 Å². The topological polar surface area (TPSA) is 59.5 Å². The quantitative estimate of drug-likeness (QED) is 0.703. The van der Waals surface area contributed by atoms with Gasteiger partial charge in [-0.05, 0) is 55.5 Å². The number of amides is 2. The van der Waals surface area contributed by atoms with Crippen LogP contribution in [0.3, 0.4) is 0 Å². The molecule has 5 nitrogen and oxygen atoms in total. The second-order valence-electron chi connectivity index (χ2n) is 5.80. The number of pyridine rings is 1. The summed E-state index contributed by atoms with van der Waals surface area (Å²) in [6.07, 6.45) is 3.28. The third-order valence-electron chi connectivity index (χ3n) is 3.80. The summed E-state index contributed by atoms with van der Waals surface area (Å²) in [6.45, 7) is 3.31. The molecule has 0 saturated carbocycles. The number of carbonyl (C=O) groups excluding carboxylic acids is 2. The normalized spacial score (nSPS) is 10.2. The van der Waals surface area contributed by atoms with Gasteiger partial charge in [-0.1, -0.05) is 17.7 Å². The summed E-state index contributed by atoms with van der Waals surface area (Å²) in [7, 11) is 0. The first kappa shape index (κ1) is 17.4. The lowest BCUT2D eigenvalue weighted by atomic mass is 10.1. The molecule has 2 amide bonds. The second kappa shape index (κ2) is 7.61. The average Bonchev–Trinajstić information content (AvgIpc) is 2.64. The molecule has 5 heteroatoms.